The first-order chi connectivity index (χ1) is 15.8. The van der Waals surface area contributed by atoms with Gasteiger partial charge in [0.1, 0.15) is 10.0 Å². The van der Waals surface area contributed by atoms with E-state index in [4.69, 9.17) is 17.3 Å². The van der Waals surface area contributed by atoms with E-state index in [0.29, 0.717) is 17.9 Å². The molecule has 33 heavy (non-hydrogen) atoms. The van der Waals surface area contributed by atoms with Gasteiger partial charge in [-0.3, -0.25) is 19.3 Å². The second kappa shape index (κ2) is 10.4. The van der Waals surface area contributed by atoms with E-state index in [0.717, 1.165) is 16.2 Å². The van der Waals surface area contributed by atoms with Gasteiger partial charge in [0.2, 0.25) is 17.5 Å². The monoisotopic (exact) mass is 508 g/mol. The summed E-state index contributed by atoms with van der Waals surface area (Å²) in [6, 6.07) is 5.46. The summed E-state index contributed by atoms with van der Waals surface area (Å²) in [4.78, 5) is 54.3. The van der Waals surface area contributed by atoms with Crippen molar-refractivity contribution in [3.63, 3.8) is 0 Å². The Morgan fingerprint density at radius 2 is 1.94 bits per heavy atom. The van der Waals surface area contributed by atoms with Crippen molar-refractivity contribution in [2.75, 3.05) is 11.5 Å². The number of nitrogen functional groups attached to an aromatic ring is 1. The van der Waals surface area contributed by atoms with Crippen LogP contribution in [0.1, 0.15) is 30.8 Å². The van der Waals surface area contributed by atoms with Crippen molar-refractivity contribution in [3.8, 4) is 0 Å². The molecular weight excluding hydrogens is 488 g/mol. The van der Waals surface area contributed by atoms with Gasteiger partial charge in [0, 0.05) is 29.9 Å². The maximum absolute atomic E-state index is 12.7. The number of carboxylic acids is 1. The molecule has 0 unspecified atom stereocenters. The lowest BCUT2D eigenvalue weighted by Gasteiger charge is -2.50. The van der Waals surface area contributed by atoms with Crippen LogP contribution in [0.3, 0.4) is 0 Å². The number of pyridine rings is 1. The quantitative estimate of drug-likeness (QED) is 0.254. The minimum Gasteiger partial charge on any atom is -0.543 e. The smallest absolute Gasteiger partial charge is 0.249 e. The van der Waals surface area contributed by atoms with E-state index in [1.807, 2.05) is 32.0 Å². The Labute approximate surface area is 203 Å². The number of anilines is 1. The third-order valence-corrected chi connectivity index (χ3v) is 7.46. The third kappa shape index (κ3) is 4.94. The number of thioether (sulfide) groups is 1. The maximum atomic E-state index is 12.7. The minimum atomic E-state index is -1.45. The summed E-state index contributed by atoms with van der Waals surface area (Å²) in [7, 11) is 0. The number of ketones is 2. The van der Waals surface area contributed by atoms with Crippen LogP contribution in [0.15, 0.2) is 41.9 Å². The van der Waals surface area contributed by atoms with Gasteiger partial charge in [0.15, 0.2) is 24.1 Å². The van der Waals surface area contributed by atoms with Crippen LogP contribution in [0.4, 0.5) is 5.13 Å². The van der Waals surface area contributed by atoms with Crippen molar-refractivity contribution in [1.82, 2.24) is 9.88 Å². The summed E-state index contributed by atoms with van der Waals surface area (Å²) in [5.41, 5.74) is 5.64. The number of Topliss-reactive ketones (excluding diaryl/α,β-unsaturated/α-hetero) is 2. The first-order valence-corrected chi connectivity index (χ1v) is 12.3. The highest BCUT2D eigenvalue weighted by molar-refractivity contribution is 8.00. The van der Waals surface area contributed by atoms with E-state index in [9.17, 15) is 24.3 Å². The van der Waals surface area contributed by atoms with Crippen LogP contribution in [-0.2, 0) is 20.9 Å². The van der Waals surface area contributed by atoms with Gasteiger partial charge in [-0.15, -0.1) is 11.8 Å². The van der Waals surface area contributed by atoms with E-state index in [1.165, 1.54) is 11.8 Å². The van der Waals surface area contributed by atoms with Gasteiger partial charge < -0.3 is 15.6 Å². The number of aromatic nitrogens is 2. The Morgan fingerprint density at radius 1 is 1.27 bits per heavy atom. The molecule has 12 heteroatoms. The highest BCUT2D eigenvalue weighted by Crippen LogP contribution is 2.45. The zero-order valence-electron chi connectivity index (χ0n) is 17.8. The number of hydrogen-bond donors (Lipinski definition) is 1. The van der Waals surface area contributed by atoms with Crippen LogP contribution in [0.5, 0.6) is 0 Å². The van der Waals surface area contributed by atoms with Gasteiger partial charge in [0.05, 0.1) is 23.0 Å². The van der Waals surface area contributed by atoms with E-state index >= 15 is 0 Å². The van der Waals surface area contributed by atoms with E-state index in [2.05, 4.69) is 4.98 Å². The predicted molar refractivity (Wildman–Crippen MR) is 122 cm³/mol. The first kappa shape index (κ1) is 24.9. The lowest BCUT2D eigenvalue weighted by atomic mass is 9.89. The van der Waals surface area contributed by atoms with Gasteiger partial charge in [-0.1, -0.05) is 42.9 Å². The SMILES string of the molecule is CC.Nc1nc(C(=O)C(=O)C[C@@H]2C(=O)N3C(C(=O)[O-])=C(C[n+]4ccccc4)CS[C@H]23)c(Cl)s1. The Morgan fingerprint density at radius 3 is 2.52 bits per heavy atom. The van der Waals surface area contributed by atoms with Crippen molar-refractivity contribution < 1.29 is 28.9 Å². The second-order valence-electron chi connectivity index (χ2n) is 6.93. The number of hydrogen-bond acceptors (Lipinski definition) is 9. The van der Waals surface area contributed by atoms with Gasteiger partial charge in [0.25, 0.3) is 0 Å². The number of β-lactam (4-membered cyclic amide) rings is 1. The Balaban J connectivity index is 0.00000149. The van der Waals surface area contributed by atoms with Crippen molar-refractivity contribution in [2.24, 2.45) is 5.92 Å². The molecule has 1 amide bonds. The van der Waals surface area contributed by atoms with Crippen LogP contribution in [0, 0.1) is 5.92 Å². The predicted octanol–water partition coefficient (Wildman–Crippen LogP) is 1.07. The van der Waals surface area contributed by atoms with Crippen LogP contribution in [0.2, 0.25) is 4.34 Å². The molecule has 0 spiro atoms. The molecule has 2 aromatic rings. The lowest BCUT2D eigenvalue weighted by molar-refractivity contribution is -0.689. The normalized spacial score (nSPS) is 19.2. The molecule has 9 nitrogen and oxygen atoms in total. The van der Waals surface area contributed by atoms with Crippen molar-refractivity contribution in [2.45, 2.75) is 32.2 Å². The summed E-state index contributed by atoms with van der Waals surface area (Å²) in [6.07, 6.45) is 3.22. The topological polar surface area (TPSA) is 137 Å². The summed E-state index contributed by atoms with van der Waals surface area (Å²) in [5.74, 6) is -4.17. The summed E-state index contributed by atoms with van der Waals surface area (Å²) in [5, 5.41) is 11.3. The lowest BCUT2D eigenvalue weighted by Crippen LogP contribution is -2.63. The molecule has 2 aliphatic rings. The largest absolute Gasteiger partial charge is 0.543 e. The Bertz CT molecular complexity index is 1130. The molecule has 4 rings (SSSR count). The average Bonchev–Trinajstić information content (AvgIpc) is 3.15. The molecule has 2 atom stereocenters. The zero-order valence-corrected chi connectivity index (χ0v) is 20.2. The summed E-state index contributed by atoms with van der Waals surface area (Å²) >= 11 is 8.11. The number of nitrogens with zero attached hydrogens (tertiary/aromatic N) is 3. The molecular formula is C21H21ClN4O5S2. The first-order valence-electron chi connectivity index (χ1n) is 10.1. The van der Waals surface area contributed by atoms with E-state index < -0.39 is 34.7 Å². The number of thiazole rings is 1. The number of aliphatic carboxylic acids is 1. The molecule has 0 aromatic carbocycles. The molecule has 2 aliphatic heterocycles. The summed E-state index contributed by atoms with van der Waals surface area (Å²) < 4.78 is 1.81. The van der Waals surface area contributed by atoms with Crippen LogP contribution < -0.4 is 15.4 Å². The molecule has 0 radical (unpaired) electrons. The fraction of sp³-hybridized carbons (Fsp3) is 0.333. The number of carbonyl (C=O) groups is 4. The third-order valence-electron chi connectivity index (χ3n) is 4.98. The highest BCUT2D eigenvalue weighted by Gasteiger charge is 2.53. The number of nitrogens with two attached hydrogens (primary N) is 1. The van der Waals surface area contributed by atoms with Gasteiger partial charge in [-0.25, -0.2) is 9.55 Å². The number of fused-ring (bicyclic) bond motifs is 1. The number of carboxylic acid groups (broad SMARTS) is 1. The van der Waals surface area contributed by atoms with Crippen LogP contribution in [-0.4, -0.2) is 44.5 Å². The molecule has 4 heterocycles. The van der Waals surface area contributed by atoms with Crippen molar-refractivity contribution in [1.29, 1.82) is 0 Å². The fourth-order valence-corrected chi connectivity index (χ4v) is 5.89. The van der Waals surface area contributed by atoms with Gasteiger partial charge in [-0.2, -0.15) is 0 Å². The number of rotatable bonds is 7. The van der Waals surface area contributed by atoms with E-state index in [1.54, 1.807) is 17.0 Å². The fourth-order valence-electron chi connectivity index (χ4n) is 3.57. The molecule has 2 aromatic heterocycles. The van der Waals surface area contributed by atoms with Gasteiger partial charge in [-0.05, 0) is 0 Å². The van der Waals surface area contributed by atoms with Crippen LogP contribution >= 0.6 is 34.7 Å². The standard InChI is InChI=1S/C19H15ClN4O5S2.C2H6/c20-15-12(22-19(21)31-15)14(26)11(25)6-10-16(27)24-13(18(28)29)9(8-30-17(10)24)7-23-4-2-1-3-5-23;1-2/h1-5,10,17H,6-8H2,(H2-,21,22,28,29);1-2H3/t10-,17-;/m1./s1. The molecule has 1 fully saturated rings. The van der Waals surface area contributed by atoms with Crippen molar-refractivity contribution in [3.05, 3.63) is 51.9 Å². The Hall–Kier alpha value is -2.76. The molecule has 0 aliphatic carbocycles. The average molecular weight is 509 g/mol. The maximum Gasteiger partial charge on any atom is 0.249 e. The molecule has 174 valence electrons. The minimum absolute atomic E-state index is 0.00896. The second-order valence-corrected chi connectivity index (χ2v) is 9.67. The molecule has 0 bridgehead atoms. The zero-order chi connectivity index (χ0) is 24.3. The summed E-state index contributed by atoms with van der Waals surface area (Å²) in [6.45, 7) is 4.29. The van der Waals surface area contributed by atoms with Gasteiger partial charge >= 0.3 is 0 Å². The van der Waals surface area contributed by atoms with E-state index in [-0.39, 0.29) is 27.3 Å². The van der Waals surface area contributed by atoms with Crippen molar-refractivity contribution >= 4 is 63.3 Å². The number of carbonyl (C=O) groups excluding carboxylic acids is 4. The molecule has 0 saturated carbocycles. The molecule has 2 N–H and O–H groups in total. The molecule has 1 saturated heterocycles. The highest BCUT2D eigenvalue weighted by atomic mass is 35.5. The van der Waals surface area contributed by atoms with Crippen LogP contribution in [0.25, 0.3) is 0 Å². The number of halogens is 1. The number of amides is 1. The Kier molecular flexibility index (Phi) is 7.88.